The molecule has 1 amide bonds. The van der Waals surface area contributed by atoms with Gasteiger partial charge in [-0.05, 0) is 44.3 Å². The van der Waals surface area contributed by atoms with E-state index >= 15 is 0 Å². The van der Waals surface area contributed by atoms with Gasteiger partial charge < -0.3 is 15.2 Å². The van der Waals surface area contributed by atoms with Gasteiger partial charge in [0.25, 0.3) is 0 Å². The first-order valence-electron chi connectivity index (χ1n) is 7.01. The van der Waals surface area contributed by atoms with E-state index in [4.69, 9.17) is 0 Å². The van der Waals surface area contributed by atoms with Crippen molar-refractivity contribution < 1.29 is 14.7 Å². The van der Waals surface area contributed by atoms with Crippen LogP contribution in [0.25, 0.3) is 0 Å². The van der Waals surface area contributed by atoms with Gasteiger partial charge in [0.1, 0.15) is 5.60 Å². The molecule has 22 heavy (non-hydrogen) atoms. The number of anilines is 1. The Kier molecular flexibility index (Phi) is 4.31. The summed E-state index contributed by atoms with van der Waals surface area (Å²) in [5.74, 6) is -0.183. The molecule has 1 aromatic rings. The van der Waals surface area contributed by atoms with E-state index in [0.29, 0.717) is 23.1 Å². The van der Waals surface area contributed by atoms with Crippen LogP contribution >= 0.6 is 0 Å². The van der Waals surface area contributed by atoms with Crippen LogP contribution in [0.5, 0.6) is 0 Å². The Morgan fingerprint density at radius 2 is 2.18 bits per heavy atom. The Hall–Kier alpha value is -2.23. The van der Waals surface area contributed by atoms with Crippen LogP contribution in [0.3, 0.4) is 0 Å². The summed E-state index contributed by atoms with van der Waals surface area (Å²) < 4.78 is 0. The minimum Gasteiger partial charge on any atom is -0.382 e. The summed E-state index contributed by atoms with van der Waals surface area (Å²) >= 11 is 0. The number of benzene rings is 1. The third kappa shape index (κ3) is 3.01. The molecule has 0 heterocycles. The molecule has 0 spiro atoms. The van der Waals surface area contributed by atoms with E-state index in [-0.39, 0.29) is 24.8 Å². The lowest BCUT2D eigenvalue weighted by atomic mass is 10.0. The highest BCUT2D eigenvalue weighted by atomic mass is 16.3. The molecule has 0 saturated carbocycles. The maximum atomic E-state index is 12.1. The van der Waals surface area contributed by atoms with Crippen LogP contribution in [0.1, 0.15) is 23.6 Å². The Bertz CT molecular complexity index is 663. The first kappa shape index (κ1) is 16.1. The lowest BCUT2D eigenvalue weighted by Crippen LogP contribution is -2.37. The number of carbonyl (C=O) groups excluding carboxylic acids is 2. The smallest absolute Gasteiger partial charge is 0.241 e. The number of hydrogen-bond acceptors (Lipinski definition) is 5. The Balaban J connectivity index is 2.31. The van der Waals surface area contributed by atoms with Crippen molar-refractivity contribution in [2.75, 3.05) is 19.4 Å². The second-order valence-electron chi connectivity index (χ2n) is 5.98. The van der Waals surface area contributed by atoms with E-state index in [0.717, 1.165) is 5.56 Å². The molecular weight excluding hydrogens is 282 g/mol. The zero-order valence-corrected chi connectivity index (χ0v) is 12.9. The zero-order chi connectivity index (χ0) is 16.5. The largest absolute Gasteiger partial charge is 0.382 e. The van der Waals surface area contributed by atoms with Crippen molar-refractivity contribution in [1.82, 2.24) is 4.90 Å². The predicted molar refractivity (Wildman–Crippen MR) is 81.4 cm³/mol. The van der Waals surface area contributed by atoms with E-state index in [2.05, 4.69) is 11.4 Å². The van der Waals surface area contributed by atoms with Crippen LogP contribution in [0.4, 0.5) is 5.69 Å². The first-order chi connectivity index (χ1) is 10.3. The Morgan fingerprint density at radius 1 is 1.50 bits per heavy atom. The normalized spacial score (nSPS) is 21.1. The van der Waals surface area contributed by atoms with Gasteiger partial charge in [-0.2, -0.15) is 5.26 Å². The summed E-state index contributed by atoms with van der Waals surface area (Å²) in [6, 6.07) is 5.05. The zero-order valence-electron chi connectivity index (χ0n) is 12.9. The number of rotatable bonds is 4. The predicted octanol–water partition coefficient (Wildman–Crippen LogP) is 0.475. The van der Waals surface area contributed by atoms with Crippen molar-refractivity contribution in [2.45, 2.75) is 31.4 Å². The minimum absolute atomic E-state index is 0.136. The van der Waals surface area contributed by atoms with Gasteiger partial charge >= 0.3 is 0 Å². The summed E-state index contributed by atoms with van der Waals surface area (Å²) in [6.45, 7) is 1.78. The Morgan fingerprint density at radius 3 is 2.73 bits per heavy atom. The molecule has 0 saturated heterocycles. The molecule has 116 valence electrons. The number of nitrogens with zero attached hydrogens (tertiary/aromatic N) is 2. The van der Waals surface area contributed by atoms with Gasteiger partial charge in [0.2, 0.25) is 5.91 Å². The molecule has 1 aliphatic carbocycles. The molecule has 0 aromatic heterocycles. The molecule has 0 bridgehead atoms. The molecule has 6 heteroatoms. The molecule has 0 radical (unpaired) electrons. The first-order valence-corrected chi connectivity index (χ1v) is 7.01. The molecule has 2 unspecified atom stereocenters. The number of hydrogen-bond donors (Lipinski definition) is 2. The summed E-state index contributed by atoms with van der Waals surface area (Å²) in [5, 5.41) is 22.1. The number of likely N-dealkylation sites (N-methyl/N-ethyl adjacent to an activating group) is 1. The van der Waals surface area contributed by atoms with Gasteiger partial charge in [-0.15, -0.1) is 0 Å². The molecule has 2 rings (SSSR count). The summed E-state index contributed by atoms with van der Waals surface area (Å²) in [6.07, 6.45) is 0.811. The van der Waals surface area contributed by atoms with Crippen LogP contribution in [0, 0.1) is 11.3 Å². The maximum absolute atomic E-state index is 12.1. The van der Waals surface area contributed by atoms with Gasteiger partial charge in [-0.25, -0.2) is 0 Å². The fourth-order valence-corrected chi connectivity index (χ4v) is 2.53. The third-order valence-electron chi connectivity index (χ3n) is 4.08. The molecule has 2 atom stereocenters. The number of aliphatic hydroxyl groups is 1. The molecule has 2 N–H and O–H groups in total. The van der Waals surface area contributed by atoms with Crippen molar-refractivity contribution in [2.24, 2.45) is 0 Å². The standard InChI is InChI=1S/C16H19N3O3/c1-10(19(2)3)15(21)18-13-4-11-6-16(22,9-20)7-14(11)12(5-13)8-17/h4-5,9-10,22H,6-7H2,1-3H3,(H,18,21). The van der Waals surface area contributed by atoms with Crippen LogP contribution in [-0.4, -0.2) is 47.9 Å². The highest BCUT2D eigenvalue weighted by molar-refractivity contribution is 5.95. The molecule has 0 fully saturated rings. The second kappa shape index (κ2) is 5.87. The molecule has 0 aliphatic heterocycles. The second-order valence-corrected chi connectivity index (χ2v) is 5.98. The Labute approximate surface area is 129 Å². The highest BCUT2D eigenvalue weighted by Gasteiger charge is 2.36. The number of aldehydes is 1. The van der Waals surface area contributed by atoms with Crippen LogP contribution in [-0.2, 0) is 22.4 Å². The molecular formula is C16H19N3O3. The van der Waals surface area contributed by atoms with Gasteiger partial charge in [0.05, 0.1) is 17.7 Å². The molecule has 1 aromatic carbocycles. The summed E-state index contributed by atoms with van der Waals surface area (Å²) in [5.41, 5.74) is 0.831. The highest BCUT2D eigenvalue weighted by Crippen LogP contribution is 2.33. The number of nitrogens with one attached hydrogen (secondary N) is 1. The third-order valence-corrected chi connectivity index (χ3v) is 4.08. The van der Waals surface area contributed by atoms with Gasteiger partial charge in [0, 0.05) is 18.5 Å². The van der Waals surface area contributed by atoms with E-state index in [1.807, 2.05) is 0 Å². The van der Waals surface area contributed by atoms with E-state index < -0.39 is 5.60 Å². The van der Waals surface area contributed by atoms with Crippen molar-refractivity contribution in [3.05, 3.63) is 28.8 Å². The lowest BCUT2D eigenvalue weighted by molar-refractivity contribution is -0.123. The van der Waals surface area contributed by atoms with E-state index in [9.17, 15) is 20.0 Å². The summed E-state index contributed by atoms with van der Waals surface area (Å²) in [7, 11) is 3.61. The van der Waals surface area contributed by atoms with Crippen molar-refractivity contribution >= 4 is 17.9 Å². The van der Waals surface area contributed by atoms with E-state index in [1.165, 1.54) is 0 Å². The van der Waals surface area contributed by atoms with Crippen LogP contribution < -0.4 is 5.32 Å². The van der Waals surface area contributed by atoms with Gasteiger partial charge in [-0.3, -0.25) is 9.69 Å². The average Bonchev–Trinajstić information content (AvgIpc) is 2.82. The molecule has 6 nitrogen and oxygen atoms in total. The van der Waals surface area contributed by atoms with E-state index in [1.54, 1.807) is 38.1 Å². The summed E-state index contributed by atoms with van der Waals surface area (Å²) in [4.78, 5) is 24.9. The molecule has 1 aliphatic rings. The van der Waals surface area contributed by atoms with Gasteiger partial charge in [0.15, 0.2) is 6.29 Å². The van der Waals surface area contributed by atoms with Crippen molar-refractivity contribution in [1.29, 1.82) is 5.26 Å². The number of nitriles is 1. The van der Waals surface area contributed by atoms with Crippen LogP contribution in [0.15, 0.2) is 12.1 Å². The van der Waals surface area contributed by atoms with Gasteiger partial charge in [-0.1, -0.05) is 0 Å². The lowest BCUT2D eigenvalue weighted by Gasteiger charge is -2.19. The quantitative estimate of drug-likeness (QED) is 0.789. The average molecular weight is 301 g/mol. The number of amides is 1. The maximum Gasteiger partial charge on any atom is 0.241 e. The van der Waals surface area contributed by atoms with Crippen molar-refractivity contribution in [3.8, 4) is 6.07 Å². The van der Waals surface area contributed by atoms with Crippen LogP contribution in [0.2, 0.25) is 0 Å². The SMILES string of the molecule is CC(C(=O)Nc1cc(C#N)c2c(c1)CC(O)(C=O)C2)N(C)C. The topological polar surface area (TPSA) is 93.4 Å². The fraction of sp³-hybridized carbons (Fsp3) is 0.438. The number of carbonyl (C=O) groups is 2. The monoisotopic (exact) mass is 301 g/mol. The number of fused-ring (bicyclic) bond motifs is 1. The van der Waals surface area contributed by atoms with Crippen molar-refractivity contribution in [3.63, 3.8) is 0 Å². The minimum atomic E-state index is -1.45. The fourth-order valence-electron chi connectivity index (χ4n) is 2.53.